The smallest absolute Gasteiger partial charge is 0.323 e. The number of hydrogen-bond acceptors (Lipinski definition) is 7. The molecule has 0 saturated carbocycles. The molecule has 1 aliphatic rings. The summed E-state index contributed by atoms with van der Waals surface area (Å²) in [7, 11) is 3.83. The van der Waals surface area contributed by atoms with Gasteiger partial charge in [0.25, 0.3) is 5.56 Å². The van der Waals surface area contributed by atoms with Crippen molar-refractivity contribution in [3.63, 3.8) is 0 Å². The predicted molar refractivity (Wildman–Crippen MR) is 132 cm³/mol. The maximum absolute atomic E-state index is 12.3. The second kappa shape index (κ2) is 10.3. The number of imidazole rings is 1. The number of aromatic nitrogens is 3. The number of hydrogen-bond donors (Lipinski definition) is 3. The molecule has 0 aliphatic carbocycles. The van der Waals surface area contributed by atoms with Crippen LogP contribution in [0.5, 0.6) is 0 Å². The van der Waals surface area contributed by atoms with E-state index in [2.05, 4.69) is 21.8 Å². The number of likely N-dealkylation sites (N-methyl/N-ethyl adjacent to an activating group) is 1. The Kier molecular flexibility index (Phi) is 7.36. The zero-order valence-corrected chi connectivity index (χ0v) is 20.6. The van der Waals surface area contributed by atoms with E-state index < -0.39 is 18.1 Å². The van der Waals surface area contributed by atoms with Crippen LogP contribution in [0.2, 0.25) is 0 Å². The Hall–Kier alpha value is -3.05. The molecule has 1 fully saturated rings. The van der Waals surface area contributed by atoms with Crippen LogP contribution in [-0.4, -0.2) is 80.2 Å². The van der Waals surface area contributed by atoms with Gasteiger partial charge < -0.3 is 24.1 Å². The lowest BCUT2D eigenvalue weighted by atomic mass is 10.1. The molecule has 1 aliphatic heterocycles. The number of aliphatic carboxylic acids is 1. The molecule has 1 saturated heterocycles. The Morgan fingerprint density at radius 2 is 2.09 bits per heavy atom. The Morgan fingerprint density at radius 1 is 1.31 bits per heavy atom. The second-order valence-electron chi connectivity index (χ2n) is 9.34. The molecular formula is C25H33N5O5. The fourth-order valence-electron chi connectivity index (χ4n) is 4.52. The first-order valence-corrected chi connectivity index (χ1v) is 11.7. The lowest BCUT2D eigenvalue weighted by Gasteiger charge is -2.33. The molecule has 0 bridgehead atoms. The molecule has 3 heterocycles. The minimum atomic E-state index is -1.10. The van der Waals surface area contributed by atoms with Crippen molar-refractivity contribution in [2.75, 3.05) is 26.8 Å². The molecule has 188 valence electrons. The summed E-state index contributed by atoms with van der Waals surface area (Å²) in [5.41, 5.74) is 4.02. The van der Waals surface area contributed by atoms with Crippen molar-refractivity contribution in [3.05, 3.63) is 51.9 Å². The standard InChI is InChI=1S/C25H33N5O5/c1-15-9-18(12-29(4)24(15)32)23-27-20-10-17(11-26-22(16(2)31)25(33)34)5-6-21(20)30(23)13-19-14-35-8-7-28(19)3/h5-6,9-10,12,16,19,22,26,31H,7-8,11,13-14H2,1-4H3,(H,33,34). The highest BCUT2D eigenvalue weighted by Crippen LogP contribution is 2.27. The maximum atomic E-state index is 12.3. The summed E-state index contributed by atoms with van der Waals surface area (Å²) in [4.78, 5) is 30.9. The Morgan fingerprint density at radius 3 is 2.74 bits per heavy atom. The fraction of sp³-hybridized carbons (Fsp3) is 0.480. The van der Waals surface area contributed by atoms with Gasteiger partial charge in [0.15, 0.2) is 0 Å². The highest BCUT2D eigenvalue weighted by atomic mass is 16.5. The van der Waals surface area contributed by atoms with Crippen LogP contribution >= 0.6 is 0 Å². The number of ether oxygens (including phenoxy) is 1. The van der Waals surface area contributed by atoms with Gasteiger partial charge in [-0.1, -0.05) is 6.07 Å². The SMILES string of the molecule is Cc1cc(-c2nc3cc(CNC(C(=O)O)C(C)O)ccc3n2CC2COCCN2C)cn(C)c1=O. The fourth-order valence-corrected chi connectivity index (χ4v) is 4.52. The van der Waals surface area contributed by atoms with E-state index in [1.807, 2.05) is 24.3 Å². The lowest BCUT2D eigenvalue weighted by molar-refractivity contribution is -0.142. The number of aliphatic hydroxyl groups excluding tert-OH is 1. The number of aryl methyl sites for hydroxylation is 2. The molecule has 0 radical (unpaired) electrons. The van der Waals surface area contributed by atoms with Crippen LogP contribution in [0, 0.1) is 6.92 Å². The number of nitrogens with one attached hydrogen (secondary N) is 1. The summed E-state index contributed by atoms with van der Waals surface area (Å²) in [6, 6.07) is 6.83. The summed E-state index contributed by atoms with van der Waals surface area (Å²) >= 11 is 0. The molecule has 3 unspecified atom stereocenters. The van der Waals surface area contributed by atoms with Gasteiger partial charge in [-0.15, -0.1) is 0 Å². The van der Waals surface area contributed by atoms with E-state index in [1.54, 1.807) is 24.7 Å². The average Bonchev–Trinajstić information content (AvgIpc) is 3.16. The van der Waals surface area contributed by atoms with Crippen molar-refractivity contribution in [3.8, 4) is 11.4 Å². The second-order valence-corrected chi connectivity index (χ2v) is 9.34. The highest BCUT2D eigenvalue weighted by molar-refractivity contribution is 5.81. The van der Waals surface area contributed by atoms with E-state index in [-0.39, 0.29) is 18.1 Å². The molecule has 35 heavy (non-hydrogen) atoms. The van der Waals surface area contributed by atoms with Gasteiger partial charge in [0, 0.05) is 44.0 Å². The van der Waals surface area contributed by atoms with Crippen LogP contribution in [0.1, 0.15) is 18.1 Å². The molecule has 4 rings (SSSR count). The highest BCUT2D eigenvalue weighted by Gasteiger charge is 2.25. The van der Waals surface area contributed by atoms with Crippen molar-refractivity contribution < 1.29 is 19.7 Å². The third kappa shape index (κ3) is 5.30. The van der Waals surface area contributed by atoms with Crippen molar-refractivity contribution in [2.24, 2.45) is 7.05 Å². The Balaban J connectivity index is 1.74. The van der Waals surface area contributed by atoms with Crippen molar-refractivity contribution in [2.45, 2.75) is 45.1 Å². The predicted octanol–water partition coefficient (Wildman–Crippen LogP) is 0.965. The third-order valence-corrected chi connectivity index (χ3v) is 6.62. The van der Waals surface area contributed by atoms with E-state index in [0.717, 1.165) is 34.5 Å². The minimum absolute atomic E-state index is 0.0451. The first-order chi connectivity index (χ1) is 16.7. The molecule has 0 amide bonds. The summed E-state index contributed by atoms with van der Waals surface area (Å²) in [6.07, 6.45) is 0.779. The Bertz CT molecular complexity index is 1250. The van der Waals surface area contributed by atoms with Gasteiger partial charge in [-0.3, -0.25) is 19.8 Å². The molecule has 3 aromatic rings. The number of aliphatic hydroxyl groups is 1. The normalized spacial score (nSPS) is 18.6. The quantitative estimate of drug-likeness (QED) is 0.433. The first kappa shape index (κ1) is 25.1. The van der Waals surface area contributed by atoms with Gasteiger partial charge >= 0.3 is 5.97 Å². The van der Waals surface area contributed by atoms with Gasteiger partial charge in [0.05, 0.1) is 36.4 Å². The number of rotatable bonds is 8. The molecule has 10 nitrogen and oxygen atoms in total. The number of carboxylic acid groups (broad SMARTS) is 1. The van der Waals surface area contributed by atoms with Crippen molar-refractivity contribution in [1.29, 1.82) is 0 Å². The number of pyridine rings is 1. The molecule has 3 atom stereocenters. The molecule has 3 N–H and O–H groups in total. The molecule has 0 spiro atoms. The monoisotopic (exact) mass is 483 g/mol. The van der Waals surface area contributed by atoms with Gasteiger partial charge in [-0.2, -0.15) is 0 Å². The lowest BCUT2D eigenvalue weighted by Crippen LogP contribution is -2.45. The molecule has 2 aromatic heterocycles. The van der Waals surface area contributed by atoms with Gasteiger partial charge in [0.2, 0.25) is 0 Å². The van der Waals surface area contributed by atoms with Crippen LogP contribution in [0.4, 0.5) is 0 Å². The maximum Gasteiger partial charge on any atom is 0.323 e. The van der Waals surface area contributed by atoms with Crippen molar-refractivity contribution >= 4 is 17.0 Å². The number of benzene rings is 1. The van der Waals surface area contributed by atoms with Gasteiger partial charge in [-0.05, 0) is 44.7 Å². The average molecular weight is 484 g/mol. The Labute approximate surface area is 203 Å². The summed E-state index contributed by atoms with van der Waals surface area (Å²) in [5.74, 6) is -0.341. The summed E-state index contributed by atoms with van der Waals surface area (Å²) in [5, 5.41) is 22.0. The van der Waals surface area contributed by atoms with Crippen LogP contribution in [0.3, 0.4) is 0 Å². The minimum Gasteiger partial charge on any atom is -0.480 e. The van der Waals surface area contributed by atoms with Crippen LogP contribution in [0.15, 0.2) is 35.3 Å². The largest absolute Gasteiger partial charge is 0.480 e. The third-order valence-electron chi connectivity index (χ3n) is 6.62. The zero-order valence-electron chi connectivity index (χ0n) is 20.6. The van der Waals surface area contributed by atoms with Crippen molar-refractivity contribution in [1.82, 2.24) is 24.3 Å². The van der Waals surface area contributed by atoms with Gasteiger partial charge in [-0.25, -0.2) is 4.98 Å². The van der Waals surface area contributed by atoms with Crippen LogP contribution in [0.25, 0.3) is 22.4 Å². The molecule has 10 heteroatoms. The number of morpholine rings is 1. The number of carbonyl (C=O) groups is 1. The summed E-state index contributed by atoms with van der Waals surface area (Å²) < 4.78 is 9.46. The van der Waals surface area contributed by atoms with E-state index >= 15 is 0 Å². The number of nitrogens with zero attached hydrogens (tertiary/aromatic N) is 4. The van der Waals surface area contributed by atoms with Crippen LogP contribution < -0.4 is 10.9 Å². The van der Waals surface area contributed by atoms with E-state index in [1.165, 1.54) is 6.92 Å². The molecular weight excluding hydrogens is 450 g/mol. The summed E-state index contributed by atoms with van der Waals surface area (Å²) in [6.45, 7) is 6.39. The van der Waals surface area contributed by atoms with Gasteiger partial charge in [0.1, 0.15) is 11.9 Å². The number of carboxylic acids is 1. The first-order valence-electron chi connectivity index (χ1n) is 11.7. The van der Waals surface area contributed by atoms with E-state index in [9.17, 15) is 19.8 Å². The molecule has 1 aromatic carbocycles. The van der Waals surface area contributed by atoms with Crippen LogP contribution in [-0.2, 0) is 29.7 Å². The van der Waals surface area contributed by atoms with E-state index in [0.29, 0.717) is 25.3 Å². The number of fused-ring (bicyclic) bond motifs is 1. The van der Waals surface area contributed by atoms with E-state index in [4.69, 9.17) is 9.72 Å². The topological polar surface area (TPSA) is 122 Å². The zero-order chi connectivity index (χ0) is 25.3.